The summed E-state index contributed by atoms with van der Waals surface area (Å²) in [6, 6.07) is 5.71. The van der Waals surface area contributed by atoms with Crippen LogP contribution in [0.2, 0.25) is 0 Å². The van der Waals surface area contributed by atoms with Gasteiger partial charge >= 0.3 is 6.03 Å². The van der Waals surface area contributed by atoms with Crippen LogP contribution in [0.15, 0.2) is 29.4 Å². The smallest absolute Gasteiger partial charge is 0.338 e. The van der Waals surface area contributed by atoms with Crippen LogP contribution in [0, 0.1) is 5.82 Å². The molecular weight excluding hydrogens is 209 g/mol. The summed E-state index contributed by atoms with van der Waals surface area (Å²) in [5, 5.41) is 7.87. The Kier molecular flexibility index (Phi) is 2.85. The zero-order valence-corrected chi connectivity index (χ0v) is 8.85. The minimum absolute atomic E-state index is 0.138. The molecule has 0 radical (unpaired) electrons. The summed E-state index contributed by atoms with van der Waals surface area (Å²) in [7, 11) is 1.55. The molecule has 1 atom stereocenters. The summed E-state index contributed by atoms with van der Waals surface area (Å²) in [6.07, 6.45) is 2.34. The molecule has 84 valence electrons. The van der Waals surface area contributed by atoms with E-state index >= 15 is 0 Å². The van der Waals surface area contributed by atoms with Gasteiger partial charge in [-0.05, 0) is 17.7 Å². The number of rotatable bonds is 1. The number of carbonyl (C=O) groups excluding carboxylic acids is 1. The lowest BCUT2D eigenvalue weighted by Crippen LogP contribution is -2.34. The molecule has 0 saturated carbocycles. The van der Waals surface area contributed by atoms with E-state index in [4.69, 9.17) is 0 Å². The standard InChI is InChI=1S/C11H12FN3O/c1-13-11(16)15-10(6-7-14-15)8-2-4-9(12)5-3-8/h2-5,7,10H,6H2,1H3,(H,13,16). The van der Waals surface area contributed by atoms with Gasteiger partial charge < -0.3 is 5.32 Å². The van der Waals surface area contributed by atoms with Gasteiger partial charge in [0, 0.05) is 19.7 Å². The molecule has 0 saturated heterocycles. The number of urea groups is 1. The zero-order chi connectivity index (χ0) is 11.5. The fourth-order valence-electron chi connectivity index (χ4n) is 1.69. The highest BCUT2D eigenvalue weighted by atomic mass is 19.1. The van der Waals surface area contributed by atoms with Gasteiger partial charge in [-0.25, -0.2) is 14.2 Å². The average Bonchev–Trinajstić information content (AvgIpc) is 2.78. The third-order valence-electron chi connectivity index (χ3n) is 2.51. The number of hydrogen-bond acceptors (Lipinski definition) is 2. The molecule has 1 aromatic carbocycles. The number of hydrazone groups is 1. The van der Waals surface area contributed by atoms with E-state index in [1.807, 2.05) is 0 Å². The van der Waals surface area contributed by atoms with Crippen molar-refractivity contribution in [2.24, 2.45) is 5.10 Å². The number of benzene rings is 1. The molecule has 1 heterocycles. The summed E-state index contributed by atoms with van der Waals surface area (Å²) in [4.78, 5) is 11.5. The summed E-state index contributed by atoms with van der Waals surface area (Å²) < 4.78 is 12.8. The lowest BCUT2D eigenvalue weighted by atomic mass is 10.0. The van der Waals surface area contributed by atoms with Crippen molar-refractivity contribution in [1.82, 2.24) is 10.3 Å². The van der Waals surface area contributed by atoms with Gasteiger partial charge in [0.25, 0.3) is 0 Å². The second-order valence-corrected chi connectivity index (χ2v) is 3.50. The number of hydrogen-bond donors (Lipinski definition) is 1. The van der Waals surface area contributed by atoms with Gasteiger partial charge in [-0.15, -0.1) is 0 Å². The van der Waals surface area contributed by atoms with Crippen LogP contribution < -0.4 is 5.32 Å². The maximum Gasteiger partial charge on any atom is 0.338 e. The Hall–Kier alpha value is -1.91. The number of nitrogens with zero attached hydrogens (tertiary/aromatic N) is 2. The third-order valence-corrected chi connectivity index (χ3v) is 2.51. The predicted molar refractivity (Wildman–Crippen MR) is 58.5 cm³/mol. The lowest BCUT2D eigenvalue weighted by Gasteiger charge is -2.21. The lowest BCUT2D eigenvalue weighted by molar-refractivity contribution is 0.188. The third kappa shape index (κ3) is 1.88. The Balaban J connectivity index is 2.21. The van der Waals surface area contributed by atoms with Crippen molar-refractivity contribution in [2.45, 2.75) is 12.5 Å². The second-order valence-electron chi connectivity index (χ2n) is 3.50. The number of carbonyl (C=O) groups is 1. The molecule has 5 heteroatoms. The predicted octanol–water partition coefficient (Wildman–Crippen LogP) is 1.90. The number of amides is 2. The molecule has 0 bridgehead atoms. The van der Waals surface area contributed by atoms with Crippen LogP contribution in [-0.4, -0.2) is 24.3 Å². The first-order valence-corrected chi connectivity index (χ1v) is 5.01. The molecule has 1 N–H and O–H groups in total. The molecule has 0 aromatic heterocycles. The highest BCUT2D eigenvalue weighted by Crippen LogP contribution is 2.27. The first-order chi connectivity index (χ1) is 7.72. The molecule has 16 heavy (non-hydrogen) atoms. The van der Waals surface area contributed by atoms with Crippen LogP contribution in [0.4, 0.5) is 9.18 Å². The van der Waals surface area contributed by atoms with Crippen molar-refractivity contribution in [3.63, 3.8) is 0 Å². The van der Waals surface area contributed by atoms with E-state index < -0.39 is 0 Å². The minimum Gasteiger partial charge on any atom is -0.340 e. The molecule has 0 spiro atoms. The SMILES string of the molecule is CNC(=O)N1N=CCC1c1ccc(F)cc1. The Labute approximate surface area is 92.8 Å². The summed E-state index contributed by atoms with van der Waals surface area (Å²) in [5.74, 6) is -0.283. The van der Waals surface area contributed by atoms with Gasteiger partial charge in [-0.2, -0.15) is 5.10 Å². The number of nitrogens with one attached hydrogen (secondary N) is 1. The largest absolute Gasteiger partial charge is 0.340 e. The second kappa shape index (κ2) is 4.30. The molecule has 1 aliphatic rings. The normalized spacial score (nSPS) is 18.9. The Morgan fingerprint density at radius 3 is 2.81 bits per heavy atom. The topological polar surface area (TPSA) is 44.7 Å². The van der Waals surface area contributed by atoms with E-state index in [9.17, 15) is 9.18 Å². The minimum atomic E-state index is -0.283. The van der Waals surface area contributed by atoms with Gasteiger partial charge in [0.05, 0.1) is 6.04 Å². The monoisotopic (exact) mass is 221 g/mol. The molecular formula is C11H12FN3O. The van der Waals surface area contributed by atoms with Crippen LogP contribution in [-0.2, 0) is 0 Å². The van der Waals surface area contributed by atoms with E-state index in [-0.39, 0.29) is 17.9 Å². The summed E-state index contributed by atoms with van der Waals surface area (Å²) in [5.41, 5.74) is 0.877. The molecule has 2 amide bonds. The summed E-state index contributed by atoms with van der Waals surface area (Å²) >= 11 is 0. The van der Waals surface area contributed by atoms with Crippen molar-refractivity contribution in [3.8, 4) is 0 Å². The zero-order valence-electron chi connectivity index (χ0n) is 8.85. The van der Waals surface area contributed by atoms with E-state index in [2.05, 4.69) is 10.4 Å². The van der Waals surface area contributed by atoms with Crippen LogP contribution in [0.5, 0.6) is 0 Å². The molecule has 1 aromatic rings. The first-order valence-electron chi connectivity index (χ1n) is 5.01. The maximum absolute atomic E-state index is 12.8. The Morgan fingerprint density at radius 2 is 2.19 bits per heavy atom. The van der Waals surface area contributed by atoms with E-state index in [0.29, 0.717) is 6.42 Å². The van der Waals surface area contributed by atoms with E-state index in [1.165, 1.54) is 17.1 Å². The van der Waals surface area contributed by atoms with Gasteiger partial charge in [-0.1, -0.05) is 12.1 Å². The van der Waals surface area contributed by atoms with Crippen LogP contribution in [0.1, 0.15) is 18.0 Å². The van der Waals surface area contributed by atoms with Gasteiger partial charge in [0.15, 0.2) is 0 Å². The average molecular weight is 221 g/mol. The van der Waals surface area contributed by atoms with Crippen molar-refractivity contribution >= 4 is 12.2 Å². The molecule has 4 nitrogen and oxygen atoms in total. The van der Waals surface area contributed by atoms with Crippen LogP contribution in [0.25, 0.3) is 0 Å². The van der Waals surface area contributed by atoms with E-state index in [0.717, 1.165) is 5.56 Å². The first kappa shape index (κ1) is 10.6. The number of halogens is 1. The molecule has 1 unspecified atom stereocenters. The van der Waals surface area contributed by atoms with Crippen molar-refractivity contribution in [3.05, 3.63) is 35.6 Å². The van der Waals surface area contributed by atoms with Crippen LogP contribution in [0.3, 0.4) is 0 Å². The van der Waals surface area contributed by atoms with Crippen molar-refractivity contribution in [1.29, 1.82) is 0 Å². The maximum atomic E-state index is 12.8. The van der Waals surface area contributed by atoms with Gasteiger partial charge in [-0.3, -0.25) is 0 Å². The fourth-order valence-corrected chi connectivity index (χ4v) is 1.69. The van der Waals surface area contributed by atoms with Crippen molar-refractivity contribution in [2.75, 3.05) is 7.05 Å². The van der Waals surface area contributed by atoms with Crippen LogP contribution >= 0.6 is 0 Å². The van der Waals surface area contributed by atoms with Crippen molar-refractivity contribution < 1.29 is 9.18 Å². The molecule has 0 aliphatic carbocycles. The highest BCUT2D eigenvalue weighted by Gasteiger charge is 2.27. The van der Waals surface area contributed by atoms with Gasteiger partial charge in [0.2, 0.25) is 0 Å². The quantitative estimate of drug-likeness (QED) is 0.773. The Morgan fingerprint density at radius 1 is 1.50 bits per heavy atom. The highest BCUT2D eigenvalue weighted by molar-refractivity contribution is 5.78. The Bertz CT molecular complexity index is 416. The van der Waals surface area contributed by atoms with Gasteiger partial charge in [0.1, 0.15) is 5.82 Å². The molecule has 1 aliphatic heterocycles. The molecule has 0 fully saturated rings. The summed E-state index contributed by atoms with van der Waals surface area (Å²) in [6.45, 7) is 0. The fraction of sp³-hybridized carbons (Fsp3) is 0.273. The van der Waals surface area contributed by atoms with E-state index in [1.54, 1.807) is 25.4 Å². The molecule has 2 rings (SSSR count).